The molecule has 1 N–H and O–H groups in total. The molecule has 7 heteroatoms. The van der Waals surface area contributed by atoms with E-state index < -0.39 is 0 Å². The molecule has 0 aliphatic carbocycles. The van der Waals surface area contributed by atoms with Gasteiger partial charge in [-0.15, -0.1) is 0 Å². The third kappa shape index (κ3) is 2.93. The summed E-state index contributed by atoms with van der Waals surface area (Å²) in [5, 5.41) is 15.6. The molecule has 0 bridgehead atoms. The number of rotatable bonds is 5. The second-order valence-electron chi connectivity index (χ2n) is 3.90. The maximum Gasteiger partial charge on any atom is 0.324 e. The SMILES string of the molecule is Cc1nc(CNCc2csc([N+](=O)[O-])c2)oc1C. The molecule has 0 aliphatic heterocycles. The van der Waals surface area contributed by atoms with Gasteiger partial charge in [0.05, 0.1) is 17.2 Å². The van der Waals surface area contributed by atoms with E-state index in [1.54, 1.807) is 11.4 Å². The van der Waals surface area contributed by atoms with E-state index in [1.165, 1.54) is 0 Å². The van der Waals surface area contributed by atoms with Gasteiger partial charge in [-0.1, -0.05) is 11.3 Å². The fraction of sp³-hybridized carbons (Fsp3) is 0.364. The lowest BCUT2D eigenvalue weighted by molar-refractivity contribution is -0.380. The Hall–Kier alpha value is -1.73. The van der Waals surface area contributed by atoms with Crippen LogP contribution in [0.15, 0.2) is 15.9 Å². The van der Waals surface area contributed by atoms with E-state index in [4.69, 9.17) is 4.42 Å². The lowest BCUT2D eigenvalue weighted by Gasteiger charge is -1.98. The number of thiophene rings is 1. The monoisotopic (exact) mass is 267 g/mol. The number of nitrogens with one attached hydrogen (secondary N) is 1. The van der Waals surface area contributed by atoms with Crippen molar-refractivity contribution in [3.05, 3.63) is 44.5 Å². The van der Waals surface area contributed by atoms with Crippen LogP contribution in [0, 0.1) is 24.0 Å². The van der Waals surface area contributed by atoms with Gasteiger partial charge in [0.15, 0.2) is 0 Å². The highest BCUT2D eigenvalue weighted by molar-refractivity contribution is 7.13. The summed E-state index contributed by atoms with van der Waals surface area (Å²) < 4.78 is 5.42. The molecule has 96 valence electrons. The maximum atomic E-state index is 10.5. The third-order valence-electron chi connectivity index (χ3n) is 2.50. The molecule has 0 spiro atoms. The van der Waals surface area contributed by atoms with Crippen molar-refractivity contribution in [3.63, 3.8) is 0 Å². The van der Waals surface area contributed by atoms with Crippen LogP contribution in [0.5, 0.6) is 0 Å². The van der Waals surface area contributed by atoms with E-state index in [9.17, 15) is 10.1 Å². The van der Waals surface area contributed by atoms with E-state index in [2.05, 4.69) is 10.3 Å². The minimum Gasteiger partial charge on any atom is -0.444 e. The standard InChI is InChI=1S/C11H13N3O3S/c1-7-8(2)17-10(13-7)5-12-4-9-3-11(14(15)16)18-6-9/h3,6,12H,4-5H2,1-2H3. The van der Waals surface area contributed by atoms with Crippen molar-refractivity contribution >= 4 is 16.3 Å². The van der Waals surface area contributed by atoms with Gasteiger partial charge in [-0.25, -0.2) is 4.98 Å². The van der Waals surface area contributed by atoms with Crippen molar-refractivity contribution in [2.45, 2.75) is 26.9 Å². The van der Waals surface area contributed by atoms with Crippen molar-refractivity contribution in [2.24, 2.45) is 0 Å². The largest absolute Gasteiger partial charge is 0.444 e. The topological polar surface area (TPSA) is 81.2 Å². The lowest BCUT2D eigenvalue weighted by atomic mass is 10.3. The summed E-state index contributed by atoms with van der Waals surface area (Å²) in [6.07, 6.45) is 0. The molecule has 0 amide bonds. The number of aryl methyl sites for hydroxylation is 2. The van der Waals surface area contributed by atoms with Crippen LogP contribution in [0.2, 0.25) is 0 Å². The van der Waals surface area contributed by atoms with Crippen LogP contribution in [0.4, 0.5) is 5.00 Å². The Morgan fingerprint density at radius 1 is 1.50 bits per heavy atom. The lowest BCUT2D eigenvalue weighted by Crippen LogP contribution is -2.12. The molecule has 0 atom stereocenters. The first-order valence-corrected chi connectivity index (χ1v) is 6.29. The van der Waals surface area contributed by atoms with Crippen LogP contribution in [0.1, 0.15) is 22.9 Å². The Morgan fingerprint density at radius 2 is 2.28 bits per heavy atom. The Bertz CT molecular complexity index is 542. The smallest absolute Gasteiger partial charge is 0.324 e. The first-order chi connectivity index (χ1) is 8.56. The molecule has 0 aliphatic rings. The number of nitro groups is 1. The zero-order chi connectivity index (χ0) is 13.1. The molecular weight excluding hydrogens is 254 g/mol. The van der Waals surface area contributed by atoms with Gasteiger partial charge in [0.1, 0.15) is 5.76 Å². The number of hydrogen-bond acceptors (Lipinski definition) is 6. The van der Waals surface area contributed by atoms with Gasteiger partial charge in [0, 0.05) is 18.0 Å². The summed E-state index contributed by atoms with van der Waals surface area (Å²) in [7, 11) is 0. The quantitative estimate of drug-likeness (QED) is 0.665. The van der Waals surface area contributed by atoms with Crippen molar-refractivity contribution in [1.82, 2.24) is 10.3 Å². The van der Waals surface area contributed by atoms with Gasteiger partial charge >= 0.3 is 5.00 Å². The predicted molar refractivity (Wildman–Crippen MR) is 67.5 cm³/mol. The van der Waals surface area contributed by atoms with Crippen molar-refractivity contribution in [2.75, 3.05) is 0 Å². The van der Waals surface area contributed by atoms with E-state index in [0.29, 0.717) is 19.0 Å². The van der Waals surface area contributed by atoms with E-state index in [0.717, 1.165) is 28.4 Å². The zero-order valence-corrected chi connectivity index (χ0v) is 10.9. The second kappa shape index (κ2) is 5.28. The molecule has 6 nitrogen and oxygen atoms in total. The Kier molecular flexibility index (Phi) is 3.73. The van der Waals surface area contributed by atoms with Crippen LogP contribution in [-0.4, -0.2) is 9.91 Å². The molecule has 2 heterocycles. The number of aromatic nitrogens is 1. The van der Waals surface area contributed by atoms with Gasteiger partial charge < -0.3 is 9.73 Å². The summed E-state index contributed by atoms with van der Waals surface area (Å²) in [6, 6.07) is 1.57. The Labute approximate surface area is 108 Å². The van der Waals surface area contributed by atoms with E-state index in [1.807, 2.05) is 13.8 Å². The molecular formula is C11H13N3O3S. The van der Waals surface area contributed by atoms with Crippen LogP contribution < -0.4 is 5.32 Å². The summed E-state index contributed by atoms with van der Waals surface area (Å²) >= 11 is 1.13. The minimum atomic E-state index is -0.380. The van der Waals surface area contributed by atoms with Gasteiger partial charge in [-0.05, 0) is 19.4 Å². The molecule has 2 aromatic heterocycles. The molecule has 2 aromatic rings. The highest BCUT2D eigenvalue weighted by Gasteiger charge is 2.10. The summed E-state index contributed by atoms with van der Waals surface area (Å²) in [6.45, 7) is 4.84. The van der Waals surface area contributed by atoms with Crippen LogP contribution in [0.3, 0.4) is 0 Å². The average Bonchev–Trinajstić information content (AvgIpc) is 2.88. The van der Waals surface area contributed by atoms with Gasteiger partial charge in [0.2, 0.25) is 5.89 Å². The fourth-order valence-electron chi connectivity index (χ4n) is 1.48. The van der Waals surface area contributed by atoms with E-state index in [-0.39, 0.29) is 9.92 Å². The fourth-order valence-corrected chi connectivity index (χ4v) is 2.21. The third-order valence-corrected chi connectivity index (χ3v) is 3.43. The molecule has 0 saturated heterocycles. The molecule has 0 radical (unpaired) electrons. The predicted octanol–water partition coefficient (Wildman–Crippen LogP) is 2.55. The summed E-state index contributed by atoms with van der Waals surface area (Å²) in [5.74, 6) is 1.45. The van der Waals surface area contributed by atoms with Crippen LogP contribution >= 0.6 is 11.3 Å². The summed E-state index contributed by atoms with van der Waals surface area (Å²) in [4.78, 5) is 14.4. The van der Waals surface area contributed by atoms with Gasteiger partial charge in [-0.3, -0.25) is 10.1 Å². The number of hydrogen-bond donors (Lipinski definition) is 1. The number of oxazole rings is 1. The molecule has 18 heavy (non-hydrogen) atoms. The van der Waals surface area contributed by atoms with Gasteiger partial charge in [-0.2, -0.15) is 0 Å². The van der Waals surface area contributed by atoms with E-state index >= 15 is 0 Å². The molecule has 2 rings (SSSR count). The molecule has 0 fully saturated rings. The zero-order valence-electron chi connectivity index (χ0n) is 10.1. The van der Waals surface area contributed by atoms with Crippen molar-refractivity contribution in [3.8, 4) is 0 Å². The highest BCUT2D eigenvalue weighted by Crippen LogP contribution is 2.22. The normalized spacial score (nSPS) is 10.8. The molecule has 0 saturated carbocycles. The van der Waals surface area contributed by atoms with Crippen LogP contribution in [0.25, 0.3) is 0 Å². The number of nitrogens with zero attached hydrogens (tertiary/aromatic N) is 2. The maximum absolute atomic E-state index is 10.5. The minimum absolute atomic E-state index is 0.162. The highest BCUT2D eigenvalue weighted by atomic mass is 32.1. The first-order valence-electron chi connectivity index (χ1n) is 5.41. The van der Waals surface area contributed by atoms with Crippen molar-refractivity contribution in [1.29, 1.82) is 0 Å². The van der Waals surface area contributed by atoms with Crippen molar-refractivity contribution < 1.29 is 9.34 Å². The van der Waals surface area contributed by atoms with Gasteiger partial charge in [0.25, 0.3) is 0 Å². The average molecular weight is 267 g/mol. The molecule has 0 aromatic carbocycles. The van der Waals surface area contributed by atoms with Crippen LogP contribution in [-0.2, 0) is 13.1 Å². The second-order valence-corrected chi connectivity index (χ2v) is 4.79. The first kappa shape index (κ1) is 12.7. The Balaban J connectivity index is 1.86. The Morgan fingerprint density at radius 3 is 2.83 bits per heavy atom. The molecule has 0 unspecified atom stereocenters. The summed E-state index contributed by atoms with van der Waals surface area (Å²) in [5.41, 5.74) is 1.78.